The van der Waals surface area contributed by atoms with Gasteiger partial charge in [0.15, 0.2) is 5.82 Å². The fraction of sp³-hybridized carbons (Fsp3) is 0.0698. The van der Waals surface area contributed by atoms with Crippen LogP contribution in [0.15, 0.2) is 140 Å². The van der Waals surface area contributed by atoms with E-state index in [1.807, 2.05) is 0 Å². The van der Waals surface area contributed by atoms with E-state index in [1.165, 1.54) is 59.8 Å². The molecule has 0 atom stereocenters. The van der Waals surface area contributed by atoms with E-state index in [0.717, 1.165) is 33.9 Å². The van der Waals surface area contributed by atoms with Crippen molar-refractivity contribution in [3.8, 4) is 28.5 Å². The molecule has 0 unspecified atom stereocenters. The summed E-state index contributed by atoms with van der Waals surface area (Å²) in [6.45, 7) is 4.63. The molecule has 0 amide bonds. The van der Waals surface area contributed by atoms with E-state index in [4.69, 9.17) is 9.97 Å². The average Bonchev–Trinajstić information content (AvgIpc) is 3.54. The lowest BCUT2D eigenvalue weighted by Crippen LogP contribution is -2.19. The second-order valence-electron chi connectivity index (χ2n) is 13.1. The highest BCUT2D eigenvalue weighted by atomic mass is 15.1. The first-order valence-corrected chi connectivity index (χ1v) is 15.9. The number of rotatable bonds is 2. The molecular formula is C43H29N3. The van der Waals surface area contributed by atoms with E-state index in [-0.39, 0.29) is 5.41 Å². The Hall–Kier alpha value is -5.80. The van der Waals surface area contributed by atoms with Gasteiger partial charge in [0.05, 0.1) is 16.7 Å². The maximum Gasteiger partial charge on any atom is 0.162 e. The number of benzene rings is 7. The summed E-state index contributed by atoms with van der Waals surface area (Å²) in [5, 5.41) is 9.81. The van der Waals surface area contributed by atoms with Crippen LogP contribution in [0.5, 0.6) is 0 Å². The van der Waals surface area contributed by atoms with Gasteiger partial charge in [-0.3, -0.25) is 4.57 Å². The van der Waals surface area contributed by atoms with Crippen LogP contribution in [-0.2, 0) is 5.41 Å². The largest absolute Gasteiger partial charge is 0.293 e. The zero-order valence-corrected chi connectivity index (χ0v) is 25.6. The second kappa shape index (κ2) is 9.12. The predicted molar refractivity (Wildman–Crippen MR) is 192 cm³/mol. The van der Waals surface area contributed by atoms with Crippen LogP contribution in [0.1, 0.15) is 25.0 Å². The summed E-state index contributed by atoms with van der Waals surface area (Å²) < 4.78 is 2.39. The van der Waals surface area contributed by atoms with Crippen molar-refractivity contribution in [1.29, 1.82) is 0 Å². The van der Waals surface area contributed by atoms with E-state index in [0.29, 0.717) is 0 Å². The van der Waals surface area contributed by atoms with Gasteiger partial charge in [-0.25, -0.2) is 9.97 Å². The van der Waals surface area contributed by atoms with Gasteiger partial charge < -0.3 is 0 Å². The first kappa shape index (κ1) is 25.5. The van der Waals surface area contributed by atoms with Crippen LogP contribution < -0.4 is 0 Å². The number of nitrogens with zero attached hydrogens (tertiary/aromatic N) is 3. The minimum Gasteiger partial charge on any atom is -0.293 e. The highest BCUT2D eigenvalue weighted by molar-refractivity contribution is 6.14. The number of fused-ring (bicyclic) bond motifs is 10. The lowest BCUT2D eigenvalue weighted by molar-refractivity contribution is 0.650. The van der Waals surface area contributed by atoms with Crippen molar-refractivity contribution in [2.24, 2.45) is 0 Å². The Labute approximate surface area is 266 Å². The van der Waals surface area contributed by atoms with Crippen LogP contribution >= 0.6 is 0 Å². The second-order valence-corrected chi connectivity index (χ2v) is 13.1. The third kappa shape index (κ3) is 3.43. The van der Waals surface area contributed by atoms with Gasteiger partial charge in [-0.2, -0.15) is 0 Å². The van der Waals surface area contributed by atoms with E-state index in [2.05, 4.69) is 158 Å². The van der Waals surface area contributed by atoms with Gasteiger partial charge in [0, 0.05) is 32.9 Å². The quantitative estimate of drug-likeness (QED) is 0.188. The minimum absolute atomic E-state index is 0.284. The van der Waals surface area contributed by atoms with Crippen molar-refractivity contribution in [1.82, 2.24) is 14.5 Å². The monoisotopic (exact) mass is 587 g/mol. The molecular weight excluding hydrogens is 558 g/mol. The molecule has 10 rings (SSSR count). The molecule has 0 aliphatic heterocycles. The molecule has 46 heavy (non-hydrogen) atoms. The Balaban J connectivity index is 1.34. The Morgan fingerprint density at radius 3 is 2.00 bits per heavy atom. The molecule has 2 aromatic heterocycles. The summed E-state index contributed by atoms with van der Waals surface area (Å²) in [7, 11) is 0. The highest BCUT2D eigenvalue weighted by Gasteiger charge is 2.40. The third-order valence-electron chi connectivity index (χ3n) is 10.1. The predicted octanol–water partition coefficient (Wildman–Crippen LogP) is 11.0. The van der Waals surface area contributed by atoms with Gasteiger partial charge >= 0.3 is 0 Å². The number of aromatic nitrogens is 3. The molecule has 9 aromatic rings. The van der Waals surface area contributed by atoms with Crippen molar-refractivity contribution in [2.45, 2.75) is 19.3 Å². The Kier molecular flexibility index (Phi) is 5.06. The molecule has 0 N–H and O–H groups in total. The highest BCUT2D eigenvalue weighted by Crippen LogP contribution is 2.51. The van der Waals surface area contributed by atoms with Gasteiger partial charge in [0.1, 0.15) is 5.82 Å². The third-order valence-corrected chi connectivity index (χ3v) is 10.1. The van der Waals surface area contributed by atoms with E-state index >= 15 is 0 Å². The lowest BCUT2D eigenvalue weighted by atomic mass is 9.82. The van der Waals surface area contributed by atoms with Crippen molar-refractivity contribution < 1.29 is 0 Å². The summed E-state index contributed by atoms with van der Waals surface area (Å²) in [6.07, 6.45) is 0. The van der Waals surface area contributed by atoms with Crippen molar-refractivity contribution >= 4 is 54.1 Å². The summed E-state index contributed by atoms with van der Waals surface area (Å²) in [5.41, 5.74) is 7.69. The van der Waals surface area contributed by atoms with Crippen molar-refractivity contribution in [3.05, 3.63) is 151 Å². The van der Waals surface area contributed by atoms with Crippen molar-refractivity contribution in [2.75, 3.05) is 0 Å². The Morgan fingerprint density at radius 1 is 0.500 bits per heavy atom. The minimum atomic E-state index is -0.284. The molecule has 0 saturated carbocycles. The molecule has 0 spiro atoms. The van der Waals surface area contributed by atoms with E-state index < -0.39 is 0 Å². The molecule has 7 aromatic carbocycles. The smallest absolute Gasteiger partial charge is 0.162 e. The molecule has 216 valence electrons. The average molecular weight is 588 g/mol. The molecule has 1 aliphatic carbocycles. The maximum atomic E-state index is 5.55. The number of hydrogen-bond donors (Lipinski definition) is 0. The van der Waals surface area contributed by atoms with Gasteiger partial charge in [-0.15, -0.1) is 0 Å². The van der Waals surface area contributed by atoms with Crippen molar-refractivity contribution in [3.63, 3.8) is 0 Å². The Bertz CT molecular complexity index is 2730. The zero-order chi connectivity index (χ0) is 30.6. The van der Waals surface area contributed by atoms with E-state index in [1.54, 1.807) is 0 Å². The molecule has 0 bridgehead atoms. The van der Waals surface area contributed by atoms with Gasteiger partial charge in [0.2, 0.25) is 0 Å². The normalized spacial score (nSPS) is 13.6. The molecule has 0 fully saturated rings. The zero-order valence-electron chi connectivity index (χ0n) is 25.6. The van der Waals surface area contributed by atoms with Gasteiger partial charge in [-0.05, 0) is 62.1 Å². The van der Waals surface area contributed by atoms with Crippen LogP contribution in [0.2, 0.25) is 0 Å². The van der Waals surface area contributed by atoms with Gasteiger partial charge in [0.25, 0.3) is 0 Å². The summed E-state index contributed by atoms with van der Waals surface area (Å²) in [6, 6.07) is 50.4. The topological polar surface area (TPSA) is 30.7 Å². The van der Waals surface area contributed by atoms with Crippen LogP contribution in [0.3, 0.4) is 0 Å². The lowest BCUT2D eigenvalue weighted by Gasteiger charge is -2.24. The summed E-state index contributed by atoms with van der Waals surface area (Å²) >= 11 is 0. The molecule has 2 heterocycles. The van der Waals surface area contributed by atoms with Crippen LogP contribution in [0, 0.1) is 0 Å². The first-order valence-electron chi connectivity index (χ1n) is 15.9. The Morgan fingerprint density at radius 2 is 1.15 bits per heavy atom. The molecule has 1 aliphatic rings. The molecule has 3 nitrogen and oxygen atoms in total. The van der Waals surface area contributed by atoms with Crippen LogP contribution in [0.25, 0.3) is 82.6 Å². The molecule has 0 saturated heterocycles. The molecule has 3 heteroatoms. The van der Waals surface area contributed by atoms with Crippen LogP contribution in [-0.4, -0.2) is 14.5 Å². The van der Waals surface area contributed by atoms with Crippen LogP contribution in [0.4, 0.5) is 0 Å². The SMILES string of the molecule is CC1(C)c2ccccc2-c2nc(-c3ccc4ccc5ccccc5c4c3)nc(-n3c4ccccc4c4cc5ccccc5cc43)c21. The fourth-order valence-corrected chi connectivity index (χ4v) is 7.90. The molecule has 0 radical (unpaired) electrons. The maximum absolute atomic E-state index is 5.55. The first-order chi connectivity index (χ1) is 22.6. The summed E-state index contributed by atoms with van der Waals surface area (Å²) in [4.78, 5) is 11.0. The summed E-state index contributed by atoms with van der Waals surface area (Å²) in [5.74, 6) is 1.68. The van der Waals surface area contributed by atoms with E-state index in [9.17, 15) is 0 Å². The van der Waals surface area contributed by atoms with Gasteiger partial charge in [-0.1, -0.05) is 129 Å². The fourth-order valence-electron chi connectivity index (χ4n) is 7.90. The number of hydrogen-bond acceptors (Lipinski definition) is 2. The standard InChI is InChI=1S/C43H29N3/c1-43(2)36-17-9-7-16-33(36)40-39(43)42(45-41(44-40)30-22-21-27-20-19-26-11-5-6-14-31(26)34(27)24-30)46-37-18-10-8-15-32(37)35-23-28-12-3-4-13-29(28)25-38(35)46/h3-25H,1-2H3. The number of para-hydroxylation sites is 1.